The van der Waals surface area contributed by atoms with E-state index in [0.717, 1.165) is 50.9 Å². The first-order valence-electron chi connectivity index (χ1n) is 9.30. The standard InChI is InChI=1S/C21H26N2O2/c1-16-8-13-25-21(14-16)9-11-23(12-10-21)20(24)7-6-17-15-22-19-5-3-2-4-18(17)19/h2-5,14-15,22H,6-13H2,1H3. The third kappa shape index (κ3) is 3.36. The Morgan fingerprint density at radius 1 is 1.28 bits per heavy atom. The van der Waals surface area contributed by atoms with Gasteiger partial charge in [-0.25, -0.2) is 0 Å². The molecule has 0 saturated carbocycles. The molecule has 2 aromatic rings. The molecule has 132 valence electrons. The van der Waals surface area contributed by atoms with Crippen LogP contribution in [-0.4, -0.2) is 41.1 Å². The van der Waals surface area contributed by atoms with Gasteiger partial charge in [0.2, 0.25) is 5.91 Å². The van der Waals surface area contributed by atoms with Gasteiger partial charge in [-0.2, -0.15) is 0 Å². The summed E-state index contributed by atoms with van der Waals surface area (Å²) in [6.07, 6.45) is 8.57. The summed E-state index contributed by atoms with van der Waals surface area (Å²) in [6, 6.07) is 8.27. The lowest BCUT2D eigenvalue weighted by molar-refractivity contribution is -0.136. The zero-order valence-electron chi connectivity index (χ0n) is 14.9. The van der Waals surface area contributed by atoms with Crippen molar-refractivity contribution in [3.05, 3.63) is 47.7 Å². The number of hydrogen-bond donors (Lipinski definition) is 1. The molecule has 1 fully saturated rings. The van der Waals surface area contributed by atoms with Crippen LogP contribution >= 0.6 is 0 Å². The fraction of sp³-hybridized carbons (Fsp3) is 0.476. The first-order chi connectivity index (χ1) is 12.2. The lowest BCUT2D eigenvalue weighted by Gasteiger charge is -2.42. The van der Waals surface area contributed by atoms with Gasteiger partial charge in [0.1, 0.15) is 0 Å². The highest BCUT2D eigenvalue weighted by Gasteiger charge is 2.36. The second kappa shape index (κ2) is 6.68. The van der Waals surface area contributed by atoms with E-state index >= 15 is 0 Å². The SMILES string of the molecule is CC1=CC2(CCN(C(=O)CCc3c[nH]c4ccccc34)CC2)OCC1. The number of carbonyl (C=O) groups excluding carboxylic acids is 1. The molecule has 25 heavy (non-hydrogen) atoms. The number of H-pyrrole nitrogens is 1. The number of fused-ring (bicyclic) bond motifs is 1. The largest absolute Gasteiger partial charge is 0.370 e. The zero-order chi connectivity index (χ0) is 17.3. The smallest absolute Gasteiger partial charge is 0.222 e. The van der Waals surface area contributed by atoms with Crippen LogP contribution in [-0.2, 0) is 16.0 Å². The van der Waals surface area contributed by atoms with Crippen LogP contribution in [0.2, 0.25) is 0 Å². The molecule has 0 unspecified atom stereocenters. The van der Waals surface area contributed by atoms with Gasteiger partial charge in [-0.3, -0.25) is 4.79 Å². The third-order valence-corrected chi connectivity index (χ3v) is 5.64. The van der Waals surface area contributed by atoms with Gasteiger partial charge in [0.05, 0.1) is 12.2 Å². The number of nitrogens with zero attached hydrogens (tertiary/aromatic N) is 1. The van der Waals surface area contributed by atoms with Crippen molar-refractivity contribution in [2.75, 3.05) is 19.7 Å². The molecule has 4 rings (SSSR count). The van der Waals surface area contributed by atoms with E-state index in [2.05, 4.69) is 30.1 Å². The summed E-state index contributed by atoms with van der Waals surface area (Å²) < 4.78 is 6.05. The molecule has 0 radical (unpaired) electrons. The number of aromatic amines is 1. The Hall–Kier alpha value is -2.07. The molecule has 0 bridgehead atoms. The number of aryl methyl sites for hydroxylation is 1. The summed E-state index contributed by atoms with van der Waals surface area (Å²) in [5, 5.41) is 1.23. The molecule has 1 amide bonds. The van der Waals surface area contributed by atoms with Crippen molar-refractivity contribution in [3.8, 4) is 0 Å². The minimum Gasteiger partial charge on any atom is -0.370 e. The van der Waals surface area contributed by atoms with Crippen LogP contribution in [0.5, 0.6) is 0 Å². The Kier molecular flexibility index (Phi) is 4.38. The van der Waals surface area contributed by atoms with E-state index in [4.69, 9.17) is 4.74 Å². The van der Waals surface area contributed by atoms with E-state index in [1.165, 1.54) is 16.5 Å². The molecule has 0 atom stereocenters. The van der Waals surface area contributed by atoms with Crippen molar-refractivity contribution < 1.29 is 9.53 Å². The van der Waals surface area contributed by atoms with E-state index in [1.807, 2.05) is 23.2 Å². The van der Waals surface area contributed by atoms with Crippen LogP contribution in [0, 0.1) is 0 Å². The van der Waals surface area contributed by atoms with Crippen LogP contribution < -0.4 is 0 Å². The van der Waals surface area contributed by atoms with Gasteiger partial charge in [-0.1, -0.05) is 29.8 Å². The van der Waals surface area contributed by atoms with Gasteiger partial charge in [0.15, 0.2) is 0 Å². The maximum absolute atomic E-state index is 12.6. The summed E-state index contributed by atoms with van der Waals surface area (Å²) in [4.78, 5) is 17.9. The van der Waals surface area contributed by atoms with E-state index in [1.54, 1.807) is 0 Å². The first-order valence-corrected chi connectivity index (χ1v) is 9.30. The van der Waals surface area contributed by atoms with E-state index < -0.39 is 0 Å². The molecule has 2 aliphatic rings. The van der Waals surface area contributed by atoms with Crippen molar-refractivity contribution in [1.29, 1.82) is 0 Å². The molecule has 4 heteroatoms. The molecule has 1 aromatic carbocycles. The van der Waals surface area contributed by atoms with Crippen molar-refractivity contribution in [1.82, 2.24) is 9.88 Å². The first kappa shape index (κ1) is 16.4. The maximum atomic E-state index is 12.6. The second-order valence-electron chi connectivity index (χ2n) is 7.39. The second-order valence-corrected chi connectivity index (χ2v) is 7.39. The zero-order valence-corrected chi connectivity index (χ0v) is 14.9. The fourth-order valence-electron chi connectivity index (χ4n) is 4.14. The van der Waals surface area contributed by atoms with E-state index in [0.29, 0.717) is 6.42 Å². The normalized spacial score (nSPS) is 20.0. The van der Waals surface area contributed by atoms with Gasteiger partial charge < -0.3 is 14.6 Å². The highest BCUT2D eigenvalue weighted by molar-refractivity contribution is 5.84. The van der Waals surface area contributed by atoms with Crippen molar-refractivity contribution in [3.63, 3.8) is 0 Å². The number of piperidine rings is 1. The Labute approximate surface area is 148 Å². The Morgan fingerprint density at radius 2 is 2.08 bits per heavy atom. The molecule has 1 spiro atoms. The molecule has 1 N–H and O–H groups in total. The predicted octanol–water partition coefficient (Wildman–Crippen LogP) is 3.83. The predicted molar refractivity (Wildman–Crippen MR) is 99.5 cm³/mol. The van der Waals surface area contributed by atoms with E-state index in [9.17, 15) is 4.79 Å². The summed E-state index contributed by atoms with van der Waals surface area (Å²) in [5.74, 6) is 0.261. The molecule has 0 aliphatic carbocycles. The van der Waals surface area contributed by atoms with Crippen LogP contribution in [0.25, 0.3) is 10.9 Å². The molecular weight excluding hydrogens is 312 g/mol. The molecule has 2 aliphatic heterocycles. The van der Waals surface area contributed by atoms with Crippen LogP contribution in [0.3, 0.4) is 0 Å². The number of nitrogens with one attached hydrogen (secondary N) is 1. The highest BCUT2D eigenvalue weighted by Crippen LogP contribution is 2.33. The van der Waals surface area contributed by atoms with Crippen LogP contribution in [0.1, 0.15) is 38.2 Å². The van der Waals surface area contributed by atoms with Crippen LogP contribution in [0.4, 0.5) is 0 Å². The Balaban J connectivity index is 1.34. The van der Waals surface area contributed by atoms with Crippen molar-refractivity contribution in [2.24, 2.45) is 0 Å². The van der Waals surface area contributed by atoms with Crippen LogP contribution in [0.15, 0.2) is 42.1 Å². The molecule has 1 saturated heterocycles. The minimum absolute atomic E-state index is 0.115. The average Bonchev–Trinajstić information content (AvgIpc) is 3.03. The Morgan fingerprint density at radius 3 is 2.88 bits per heavy atom. The number of rotatable bonds is 3. The number of hydrogen-bond acceptors (Lipinski definition) is 2. The quantitative estimate of drug-likeness (QED) is 0.865. The minimum atomic E-state index is -0.115. The molecule has 4 nitrogen and oxygen atoms in total. The van der Waals surface area contributed by atoms with Gasteiger partial charge in [0.25, 0.3) is 0 Å². The molecular formula is C21H26N2O2. The number of carbonyl (C=O) groups is 1. The topological polar surface area (TPSA) is 45.3 Å². The third-order valence-electron chi connectivity index (χ3n) is 5.64. The van der Waals surface area contributed by atoms with Gasteiger partial charge in [-0.05, 0) is 44.2 Å². The lowest BCUT2D eigenvalue weighted by atomic mass is 9.87. The summed E-state index contributed by atoms with van der Waals surface area (Å²) in [7, 11) is 0. The highest BCUT2D eigenvalue weighted by atomic mass is 16.5. The Bertz CT molecular complexity index is 797. The number of para-hydroxylation sites is 1. The number of aromatic nitrogens is 1. The van der Waals surface area contributed by atoms with Crippen molar-refractivity contribution in [2.45, 2.75) is 44.6 Å². The summed E-state index contributed by atoms with van der Waals surface area (Å²) in [6.45, 7) is 4.60. The van der Waals surface area contributed by atoms with E-state index in [-0.39, 0.29) is 11.5 Å². The monoisotopic (exact) mass is 338 g/mol. The summed E-state index contributed by atoms with van der Waals surface area (Å²) in [5.41, 5.74) is 3.68. The van der Waals surface area contributed by atoms with Gasteiger partial charge in [-0.15, -0.1) is 0 Å². The lowest BCUT2D eigenvalue weighted by Crippen LogP contribution is -2.48. The number of likely N-dealkylation sites (tertiary alicyclic amines) is 1. The van der Waals surface area contributed by atoms with Gasteiger partial charge in [0, 0.05) is 36.6 Å². The summed E-state index contributed by atoms with van der Waals surface area (Å²) >= 11 is 0. The van der Waals surface area contributed by atoms with Crippen molar-refractivity contribution >= 4 is 16.8 Å². The average molecular weight is 338 g/mol. The number of amides is 1. The number of benzene rings is 1. The maximum Gasteiger partial charge on any atom is 0.222 e. The van der Waals surface area contributed by atoms with Gasteiger partial charge >= 0.3 is 0 Å². The fourth-order valence-corrected chi connectivity index (χ4v) is 4.14. The molecule has 1 aromatic heterocycles. The number of ether oxygens (including phenoxy) is 1. The molecule has 3 heterocycles.